The molecule has 7 heteroatoms. The van der Waals surface area contributed by atoms with Gasteiger partial charge in [-0.1, -0.05) is 0 Å². The van der Waals surface area contributed by atoms with Crippen molar-refractivity contribution in [2.24, 2.45) is 0 Å². The summed E-state index contributed by atoms with van der Waals surface area (Å²) in [7, 11) is -2.09. The molecule has 0 spiro atoms. The Bertz CT molecular complexity index is 654. The van der Waals surface area contributed by atoms with Gasteiger partial charge in [-0.3, -0.25) is 4.72 Å². The quantitative estimate of drug-likeness (QED) is 0.867. The largest absolute Gasteiger partial charge is 0.497 e. The molecule has 0 amide bonds. The predicted molar refractivity (Wildman–Crippen MR) is 75.7 cm³/mol. The zero-order valence-electron chi connectivity index (χ0n) is 10.00. The Morgan fingerprint density at radius 2 is 1.84 bits per heavy atom. The second-order valence-corrected chi connectivity index (χ2v) is 6.15. The Labute approximate surface area is 119 Å². The van der Waals surface area contributed by atoms with Crippen LogP contribution in [0.1, 0.15) is 0 Å². The number of aromatic nitrogens is 1. The van der Waals surface area contributed by atoms with E-state index in [2.05, 4.69) is 25.6 Å². The lowest BCUT2D eigenvalue weighted by molar-refractivity contribution is 0.414. The molecule has 0 saturated heterocycles. The summed E-state index contributed by atoms with van der Waals surface area (Å²) >= 11 is 3.18. The van der Waals surface area contributed by atoms with Gasteiger partial charge in [-0.25, -0.2) is 13.4 Å². The van der Waals surface area contributed by atoms with E-state index in [9.17, 15) is 8.42 Å². The molecule has 0 radical (unpaired) electrons. The second kappa shape index (κ2) is 5.58. The third-order valence-corrected chi connectivity index (χ3v) is 4.22. The molecule has 0 atom stereocenters. The molecule has 2 rings (SSSR count). The van der Waals surface area contributed by atoms with Gasteiger partial charge in [-0.05, 0) is 52.3 Å². The monoisotopic (exact) mass is 342 g/mol. The van der Waals surface area contributed by atoms with Gasteiger partial charge in [0.1, 0.15) is 10.4 Å². The predicted octanol–water partition coefficient (Wildman–Crippen LogP) is 2.65. The molecule has 0 aliphatic carbocycles. The van der Waals surface area contributed by atoms with Crippen LogP contribution < -0.4 is 9.46 Å². The second-order valence-electron chi connectivity index (χ2n) is 3.65. The number of hydrogen-bond acceptors (Lipinski definition) is 4. The molecule has 1 aromatic carbocycles. The summed E-state index contributed by atoms with van der Waals surface area (Å²) in [6.07, 6.45) is 1.44. The molecular weight excluding hydrogens is 332 g/mol. The Kier molecular flexibility index (Phi) is 4.06. The number of benzene rings is 1. The third-order valence-electron chi connectivity index (χ3n) is 2.35. The van der Waals surface area contributed by atoms with Crippen LogP contribution in [0.4, 0.5) is 5.69 Å². The van der Waals surface area contributed by atoms with E-state index in [1.54, 1.807) is 24.3 Å². The number of ether oxygens (including phenoxy) is 1. The van der Waals surface area contributed by atoms with Crippen LogP contribution in [0, 0.1) is 0 Å². The zero-order chi connectivity index (χ0) is 13.9. The highest BCUT2D eigenvalue weighted by Gasteiger charge is 2.14. The Morgan fingerprint density at radius 1 is 1.16 bits per heavy atom. The van der Waals surface area contributed by atoms with Crippen molar-refractivity contribution in [1.29, 1.82) is 0 Å². The first kappa shape index (κ1) is 13.8. The lowest BCUT2D eigenvalue weighted by atomic mass is 10.3. The summed E-state index contributed by atoms with van der Waals surface area (Å²) in [5, 5.41) is 0. The first-order valence-electron chi connectivity index (χ1n) is 5.30. The van der Waals surface area contributed by atoms with E-state index in [-0.39, 0.29) is 4.90 Å². The van der Waals surface area contributed by atoms with Gasteiger partial charge in [0.25, 0.3) is 10.0 Å². The number of rotatable bonds is 4. The van der Waals surface area contributed by atoms with Crippen LogP contribution in [0.3, 0.4) is 0 Å². The van der Waals surface area contributed by atoms with Crippen LogP contribution in [0.5, 0.6) is 5.75 Å². The fraction of sp³-hybridized carbons (Fsp3) is 0.0833. The van der Waals surface area contributed by atoms with Crippen molar-refractivity contribution < 1.29 is 13.2 Å². The minimum absolute atomic E-state index is 0.163. The molecule has 0 fully saturated rings. The van der Waals surface area contributed by atoms with Crippen molar-refractivity contribution >= 4 is 31.6 Å². The maximum atomic E-state index is 12.1. The molecule has 1 aromatic heterocycles. The molecule has 1 heterocycles. The molecule has 0 aliphatic heterocycles. The molecule has 0 unspecified atom stereocenters. The van der Waals surface area contributed by atoms with Crippen LogP contribution in [-0.2, 0) is 10.0 Å². The highest BCUT2D eigenvalue weighted by molar-refractivity contribution is 9.10. The van der Waals surface area contributed by atoms with Gasteiger partial charge in [-0.15, -0.1) is 0 Å². The molecule has 19 heavy (non-hydrogen) atoms. The number of nitrogens with zero attached hydrogens (tertiary/aromatic N) is 1. The first-order valence-corrected chi connectivity index (χ1v) is 7.57. The van der Waals surface area contributed by atoms with Crippen LogP contribution in [-0.4, -0.2) is 20.5 Å². The molecule has 2 aromatic rings. The molecule has 0 saturated carbocycles. The minimum Gasteiger partial charge on any atom is -0.497 e. The molecule has 100 valence electrons. The first-order chi connectivity index (χ1) is 9.01. The fourth-order valence-electron chi connectivity index (χ4n) is 1.41. The van der Waals surface area contributed by atoms with Gasteiger partial charge in [0, 0.05) is 0 Å². The lowest BCUT2D eigenvalue weighted by Gasteiger charge is -2.08. The summed E-state index contributed by atoms with van der Waals surface area (Å²) in [5.41, 5.74) is 0.402. The van der Waals surface area contributed by atoms with E-state index in [1.165, 1.54) is 25.4 Å². The van der Waals surface area contributed by atoms with Crippen LogP contribution in [0.15, 0.2) is 52.1 Å². The van der Waals surface area contributed by atoms with E-state index in [1.807, 2.05) is 0 Å². The van der Waals surface area contributed by atoms with Crippen molar-refractivity contribution in [2.75, 3.05) is 11.8 Å². The minimum atomic E-state index is -3.61. The Morgan fingerprint density at radius 3 is 2.37 bits per heavy atom. The SMILES string of the molecule is COc1ccc(S(=O)(=O)Nc2ccc(Br)nc2)cc1. The van der Waals surface area contributed by atoms with Crippen LogP contribution in [0.2, 0.25) is 0 Å². The summed E-state index contributed by atoms with van der Waals surface area (Å²) in [6.45, 7) is 0. The fourth-order valence-corrected chi connectivity index (χ4v) is 2.68. The molecular formula is C12H11BrN2O3S. The number of halogens is 1. The topological polar surface area (TPSA) is 68.3 Å². The maximum Gasteiger partial charge on any atom is 0.261 e. The molecule has 0 bridgehead atoms. The van der Waals surface area contributed by atoms with E-state index in [0.29, 0.717) is 16.0 Å². The standard InChI is InChI=1S/C12H11BrN2O3S/c1-18-10-3-5-11(6-4-10)19(16,17)15-9-2-7-12(13)14-8-9/h2-8,15H,1H3. The normalized spacial score (nSPS) is 11.1. The van der Waals surface area contributed by atoms with E-state index in [0.717, 1.165) is 0 Å². The molecule has 5 nitrogen and oxygen atoms in total. The van der Waals surface area contributed by atoms with Gasteiger partial charge in [0.05, 0.1) is 23.9 Å². The lowest BCUT2D eigenvalue weighted by Crippen LogP contribution is -2.12. The van der Waals surface area contributed by atoms with E-state index >= 15 is 0 Å². The van der Waals surface area contributed by atoms with Crippen molar-refractivity contribution in [1.82, 2.24) is 4.98 Å². The summed E-state index contributed by atoms with van der Waals surface area (Å²) in [5.74, 6) is 0.601. The number of nitrogens with one attached hydrogen (secondary N) is 1. The van der Waals surface area contributed by atoms with Gasteiger partial charge < -0.3 is 4.74 Å². The average molecular weight is 343 g/mol. The average Bonchev–Trinajstić information content (AvgIpc) is 2.41. The summed E-state index contributed by atoms with van der Waals surface area (Å²) in [6, 6.07) is 9.42. The highest BCUT2D eigenvalue weighted by Crippen LogP contribution is 2.19. The zero-order valence-corrected chi connectivity index (χ0v) is 12.4. The van der Waals surface area contributed by atoms with Crippen molar-refractivity contribution in [3.8, 4) is 5.75 Å². The Balaban J connectivity index is 2.24. The number of pyridine rings is 1. The summed E-state index contributed by atoms with van der Waals surface area (Å²) < 4.78 is 32.3. The maximum absolute atomic E-state index is 12.1. The van der Waals surface area contributed by atoms with Crippen molar-refractivity contribution in [3.63, 3.8) is 0 Å². The van der Waals surface area contributed by atoms with Crippen LogP contribution in [0.25, 0.3) is 0 Å². The van der Waals surface area contributed by atoms with Crippen LogP contribution >= 0.6 is 15.9 Å². The van der Waals surface area contributed by atoms with Crippen molar-refractivity contribution in [2.45, 2.75) is 4.90 Å². The number of sulfonamides is 1. The number of anilines is 1. The van der Waals surface area contributed by atoms with Gasteiger partial charge in [0.15, 0.2) is 0 Å². The molecule has 0 aliphatic rings. The van der Waals surface area contributed by atoms with Crippen molar-refractivity contribution in [3.05, 3.63) is 47.2 Å². The van der Waals surface area contributed by atoms with Gasteiger partial charge in [-0.2, -0.15) is 0 Å². The highest BCUT2D eigenvalue weighted by atomic mass is 79.9. The summed E-state index contributed by atoms with van der Waals surface area (Å²) in [4.78, 5) is 4.12. The van der Waals surface area contributed by atoms with E-state index < -0.39 is 10.0 Å². The van der Waals surface area contributed by atoms with Gasteiger partial charge >= 0.3 is 0 Å². The number of hydrogen-bond donors (Lipinski definition) is 1. The Hall–Kier alpha value is -1.60. The van der Waals surface area contributed by atoms with E-state index in [4.69, 9.17) is 4.74 Å². The smallest absolute Gasteiger partial charge is 0.261 e. The van der Waals surface area contributed by atoms with Gasteiger partial charge in [0.2, 0.25) is 0 Å². The third kappa shape index (κ3) is 3.45. The number of methoxy groups -OCH3 is 1. The molecule has 1 N–H and O–H groups in total.